The number of hydrogen-bond donors (Lipinski definition) is 2. The van der Waals surface area contributed by atoms with Crippen LogP contribution in [0.4, 0.5) is 11.4 Å². The van der Waals surface area contributed by atoms with Crippen LogP contribution in [0.25, 0.3) is 0 Å². The minimum atomic E-state index is -0.112. The van der Waals surface area contributed by atoms with Crippen molar-refractivity contribution in [3.05, 3.63) is 18.2 Å². The molecule has 5 heteroatoms. The molecule has 21 heavy (non-hydrogen) atoms. The summed E-state index contributed by atoms with van der Waals surface area (Å²) < 4.78 is 5.75. The molecule has 1 fully saturated rings. The lowest BCUT2D eigenvalue weighted by molar-refractivity contribution is -0.122. The molecule has 0 spiro atoms. The number of nitrogens with one attached hydrogen (secondary N) is 1. The summed E-state index contributed by atoms with van der Waals surface area (Å²) in [5, 5.41) is 2.76. The zero-order chi connectivity index (χ0) is 15.4. The molecular formula is C16H25N3O2. The molecule has 1 saturated heterocycles. The van der Waals surface area contributed by atoms with Gasteiger partial charge in [-0.25, -0.2) is 0 Å². The maximum Gasteiger partial charge on any atom is 0.242 e. The smallest absolute Gasteiger partial charge is 0.242 e. The van der Waals surface area contributed by atoms with E-state index in [1.807, 2.05) is 32.0 Å². The van der Waals surface area contributed by atoms with E-state index in [0.29, 0.717) is 11.4 Å². The van der Waals surface area contributed by atoms with Crippen molar-refractivity contribution < 1.29 is 9.53 Å². The summed E-state index contributed by atoms with van der Waals surface area (Å²) in [5.74, 6) is 0.751. The molecule has 0 saturated carbocycles. The molecular weight excluding hydrogens is 266 g/mol. The van der Waals surface area contributed by atoms with E-state index >= 15 is 0 Å². The topological polar surface area (TPSA) is 67.6 Å². The third-order valence-corrected chi connectivity index (χ3v) is 3.74. The molecule has 0 radical (unpaired) electrons. The normalized spacial score (nSPS) is 18.7. The van der Waals surface area contributed by atoms with E-state index in [1.54, 1.807) is 7.05 Å². The number of carbonyl (C=O) groups excluding carboxylic acids is 1. The molecule has 2 rings (SSSR count). The fourth-order valence-electron chi connectivity index (χ4n) is 2.74. The Morgan fingerprint density at radius 3 is 2.86 bits per heavy atom. The van der Waals surface area contributed by atoms with Gasteiger partial charge < -0.3 is 20.7 Å². The van der Waals surface area contributed by atoms with Gasteiger partial charge in [0.2, 0.25) is 5.91 Å². The van der Waals surface area contributed by atoms with Gasteiger partial charge in [-0.3, -0.25) is 4.79 Å². The van der Waals surface area contributed by atoms with Crippen LogP contribution in [0, 0.1) is 0 Å². The van der Waals surface area contributed by atoms with E-state index in [-0.39, 0.29) is 18.1 Å². The summed E-state index contributed by atoms with van der Waals surface area (Å²) in [6.07, 6.45) is 3.13. The molecule has 1 aliphatic rings. The molecule has 0 aliphatic carbocycles. The van der Waals surface area contributed by atoms with Crippen molar-refractivity contribution in [2.75, 3.05) is 24.2 Å². The van der Waals surface area contributed by atoms with E-state index in [2.05, 4.69) is 10.2 Å². The Labute approximate surface area is 126 Å². The largest absolute Gasteiger partial charge is 0.489 e. The second-order valence-corrected chi connectivity index (χ2v) is 5.71. The molecule has 0 aromatic heterocycles. The molecule has 1 aliphatic heterocycles. The number of carbonyl (C=O) groups is 1. The number of nitrogens with zero attached hydrogens (tertiary/aromatic N) is 1. The average Bonchev–Trinajstić information content (AvgIpc) is 2.48. The van der Waals surface area contributed by atoms with Crippen molar-refractivity contribution in [2.45, 2.75) is 45.3 Å². The zero-order valence-corrected chi connectivity index (χ0v) is 13.1. The van der Waals surface area contributed by atoms with Crippen LogP contribution in [0.5, 0.6) is 5.75 Å². The third-order valence-electron chi connectivity index (χ3n) is 3.74. The Hall–Kier alpha value is -1.91. The Morgan fingerprint density at radius 2 is 2.19 bits per heavy atom. The second kappa shape index (κ2) is 6.70. The molecule has 1 amide bonds. The number of piperidine rings is 1. The van der Waals surface area contributed by atoms with Gasteiger partial charge in [-0.05, 0) is 45.2 Å². The summed E-state index contributed by atoms with van der Waals surface area (Å²) in [7, 11) is 1.69. The average molecular weight is 291 g/mol. The van der Waals surface area contributed by atoms with Crippen LogP contribution >= 0.6 is 0 Å². The molecule has 1 aromatic rings. The maximum atomic E-state index is 12.1. The number of hydrogen-bond acceptors (Lipinski definition) is 4. The van der Waals surface area contributed by atoms with Crippen molar-refractivity contribution in [3.63, 3.8) is 0 Å². The number of rotatable bonds is 4. The lowest BCUT2D eigenvalue weighted by atomic mass is 10.0. The Balaban J connectivity index is 2.28. The molecule has 116 valence electrons. The first-order chi connectivity index (χ1) is 10.0. The van der Waals surface area contributed by atoms with Crippen molar-refractivity contribution in [3.8, 4) is 5.75 Å². The van der Waals surface area contributed by atoms with E-state index in [9.17, 15) is 4.79 Å². The highest BCUT2D eigenvalue weighted by molar-refractivity contribution is 5.85. The van der Waals surface area contributed by atoms with E-state index in [1.165, 1.54) is 0 Å². The molecule has 1 unspecified atom stereocenters. The maximum absolute atomic E-state index is 12.1. The van der Waals surface area contributed by atoms with Crippen LogP contribution in [0.1, 0.15) is 33.1 Å². The van der Waals surface area contributed by atoms with Crippen molar-refractivity contribution in [2.24, 2.45) is 0 Å². The minimum absolute atomic E-state index is 0.0675. The molecule has 3 N–H and O–H groups in total. The number of anilines is 2. The summed E-state index contributed by atoms with van der Waals surface area (Å²) in [6.45, 7) is 4.82. The third kappa shape index (κ3) is 3.60. The van der Waals surface area contributed by atoms with Crippen LogP contribution in [-0.2, 0) is 4.79 Å². The number of nitrogen functional groups attached to an aromatic ring is 1. The van der Waals surface area contributed by atoms with Crippen LogP contribution in [0.2, 0.25) is 0 Å². The number of amides is 1. The lowest BCUT2D eigenvalue weighted by Gasteiger charge is -2.36. The monoisotopic (exact) mass is 291 g/mol. The minimum Gasteiger partial charge on any atom is -0.489 e. The predicted molar refractivity (Wildman–Crippen MR) is 85.7 cm³/mol. The van der Waals surface area contributed by atoms with E-state index in [0.717, 1.165) is 31.5 Å². The van der Waals surface area contributed by atoms with Gasteiger partial charge in [0.15, 0.2) is 0 Å². The summed E-state index contributed by atoms with van der Waals surface area (Å²) in [6, 6.07) is 5.64. The highest BCUT2D eigenvalue weighted by Crippen LogP contribution is 2.32. The van der Waals surface area contributed by atoms with E-state index in [4.69, 9.17) is 10.5 Å². The number of benzene rings is 1. The van der Waals surface area contributed by atoms with Gasteiger partial charge in [0.25, 0.3) is 0 Å². The van der Waals surface area contributed by atoms with Gasteiger partial charge in [0.05, 0.1) is 11.8 Å². The van der Waals surface area contributed by atoms with Crippen LogP contribution in [0.3, 0.4) is 0 Å². The SMILES string of the molecule is CNC(=O)C1CCCCN1c1ccc(N)c(OC(C)C)c1. The van der Waals surface area contributed by atoms with Gasteiger partial charge in [-0.15, -0.1) is 0 Å². The first kappa shape index (κ1) is 15.5. The second-order valence-electron chi connectivity index (χ2n) is 5.71. The highest BCUT2D eigenvalue weighted by atomic mass is 16.5. The predicted octanol–water partition coefficient (Wildman–Crippen LogP) is 2.16. The highest BCUT2D eigenvalue weighted by Gasteiger charge is 2.28. The van der Waals surface area contributed by atoms with Crippen molar-refractivity contribution in [1.29, 1.82) is 0 Å². The molecule has 1 atom stereocenters. The zero-order valence-electron chi connectivity index (χ0n) is 13.1. The summed E-state index contributed by atoms with van der Waals surface area (Å²) >= 11 is 0. The van der Waals surface area contributed by atoms with Gasteiger partial charge in [0.1, 0.15) is 11.8 Å². The van der Waals surface area contributed by atoms with Crippen LogP contribution < -0.4 is 20.7 Å². The first-order valence-electron chi connectivity index (χ1n) is 7.57. The Kier molecular flexibility index (Phi) is 4.94. The number of nitrogens with two attached hydrogens (primary N) is 1. The summed E-state index contributed by atoms with van der Waals surface area (Å²) in [5.41, 5.74) is 7.58. The van der Waals surface area contributed by atoms with Crippen LogP contribution in [0.15, 0.2) is 18.2 Å². The van der Waals surface area contributed by atoms with Gasteiger partial charge in [0, 0.05) is 25.3 Å². The standard InChI is InChI=1S/C16H25N3O2/c1-11(2)21-15-10-12(7-8-13(15)17)19-9-5-4-6-14(19)16(20)18-3/h7-8,10-11,14H,4-6,9,17H2,1-3H3,(H,18,20). The Morgan fingerprint density at radius 1 is 1.43 bits per heavy atom. The van der Waals surface area contributed by atoms with Gasteiger partial charge >= 0.3 is 0 Å². The van der Waals surface area contributed by atoms with E-state index < -0.39 is 0 Å². The quantitative estimate of drug-likeness (QED) is 0.834. The van der Waals surface area contributed by atoms with Crippen LogP contribution in [-0.4, -0.2) is 31.6 Å². The molecule has 5 nitrogen and oxygen atoms in total. The first-order valence-corrected chi connectivity index (χ1v) is 7.57. The van der Waals surface area contributed by atoms with Crippen molar-refractivity contribution in [1.82, 2.24) is 5.32 Å². The number of likely N-dealkylation sites (N-methyl/N-ethyl adjacent to an activating group) is 1. The lowest BCUT2D eigenvalue weighted by Crippen LogP contribution is -2.48. The van der Waals surface area contributed by atoms with Gasteiger partial charge in [-0.1, -0.05) is 0 Å². The fourth-order valence-corrected chi connectivity index (χ4v) is 2.74. The van der Waals surface area contributed by atoms with Gasteiger partial charge in [-0.2, -0.15) is 0 Å². The number of ether oxygens (including phenoxy) is 1. The Bertz CT molecular complexity index is 502. The molecule has 0 bridgehead atoms. The fraction of sp³-hybridized carbons (Fsp3) is 0.562. The van der Waals surface area contributed by atoms with Crippen molar-refractivity contribution >= 4 is 17.3 Å². The molecule has 1 aromatic carbocycles. The summed E-state index contributed by atoms with van der Waals surface area (Å²) in [4.78, 5) is 14.2. The molecule has 1 heterocycles.